The molecule has 3 rings (SSSR count). The third-order valence-corrected chi connectivity index (χ3v) is 4.86. The molecule has 0 unspecified atom stereocenters. The molecule has 0 amide bonds. The van der Waals surface area contributed by atoms with Crippen LogP contribution in [0.3, 0.4) is 0 Å². The molecule has 3 nitrogen and oxygen atoms in total. The van der Waals surface area contributed by atoms with Gasteiger partial charge >= 0.3 is 0 Å². The second kappa shape index (κ2) is 9.89. The summed E-state index contributed by atoms with van der Waals surface area (Å²) >= 11 is 0. The number of oxime groups is 1. The average Bonchev–Trinajstić information content (AvgIpc) is 3.01. The first kappa shape index (κ1) is 21.3. The Morgan fingerprint density at radius 3 is 2.41 bits per heavy atom. The van der Waals surface area contributed by atoms with Crippen LogP contribution >= 0.6 is 0 Å². The van der Waals surface area contributed by atoms with Gasteiger partial charge in [-0.05, 0) is 69.7 Å². The molecular weight excluding hydrogens is 358 g/mol. The van der Waals surface area contributed by atoms with Crippen molar-refractivity contribution in [3.05, 3.63) is 65.2 Å². The first-order valence-corrected chi connectivity index (χ1v) is 10.7. The average molecular weight is 392 g/mol. The summed E-state index contributed by atoms with van der Waals surface area (Å²) in [5.74, 6) is 0. The number of hydrogen-bond donors (Lipinski definition) is 0. The Kier molecular flexibility index (Phi) is 7.27. The predicted octanol–water partition coefficient (Wildman–Crippen LogP) is 6.84. The van der Waals surface area contributed by atoms with Crippen LogP contribution in [0.15, 0.2) is 53.7 Å². The molecule has 0 aromatic heterocycles. The summed E-state index contributed by atoms with van der Waals surface area (Å²) < 4.78 is 5.39. The number of unbranched alkanes of at least 4 members (excludes halogenated alkanes) is 3. The number of ether oxygens (including phenoxy) is 1. The summed E-state index contributed by atoms with van der Waals surface area (Å²) in [5.41, 5.74) is 6.56. The molecule has 2 aromatic carbocycles. The molecule has 0 heterocycles. The highest BCUT2D eigenvalue weighted by Crippen LogP contribution is 2.37. The topological polar surface area (TPSA) is 30.8 Å². The van der Waals surface area contributed by atoms with E-state index in [4.69, 9.17) is 9.57 Å². The van der Waals surface area contributed by atoms with Crippen LogP contribution in [-0.2, 0) is 9.57 Å². The van der Waals surface area contributed by atoms with Crippen LogP contribution in [0.2, 0.25) is 0 Å². The van der Waals surface area contributed by atoms with E-state index in [1.165, 1.54) is 29.5 Å². The Labute approximate surface area is 175 Å². The fraction of sp³-hybridized carbons (Fsp3) is 0.423. The van der Waals surface area contributed by atoms with E-state index in [2.05, 4.69) is 59.8 Å². The molecule has 0 atom stereocenters. The van der Waals surface area contributed by atoms with Gasteiger partial charge in [-0.25, -0.2) is 0 Å². The maximum atomic E-state index is 5.78. The molecule has 0 saturated carbocycles. The van der Waals surface area contributed by atoms with Gasteiger partial charge in [0.05, 0.1) is 0 Å². The van der Waals surface area contributed by atoms with Gasteiger partial charge in [0, 0.05) is 24.3 Å². The van der Waals surface area contributed by atoms with Crippen molar-refractivity contribution >= 4 is 11.8 Å². The normalized spacial score (nSPS) is 14.4. The molecule has 0 bridgehead atoms. The van der Waals surface area contributed by atoms with E-state index in [1.807, 2.05) is 27.7 Å². The van der Waals surface area contributed by atoms with E-state index in [1.54, 1.807) is 0 Å². The Morgan fingerprint density at radius 2 is 1.66 bits per heavy atom. The molecule has 1 aliphatic rings. The second-order valence-corrected chi connectivity index (χ2v) is 8.44. The molecule has 0 aliphatic heterocycles. The lowest BCUT2D eigenvalue weighted by molar-refractivity contribution is 0.00121. The van der Waals surface area contributed by atoms with Crippen LogP contribution in [0, 0.1) is 0 Å². The lowest BCUT2D eigenvalue weighted by atomic mass is 10.0. The number of hydrogen-bond acceptors (Lipinski definition) is 3. The lowest BCUT2D eigenvalue weighted by Crippen LogP contribution is -2.17. The number of rotatable bonds is 9. The fourth-order valence-electron chi connectivity index (χ4n) is 3.45. The number of fused-ring (bicyclic) bond motifs is 3. The second-order valence-electron chi connectivity index (χ2n) is 8.44. The summed E-state index contributed by atoms with van der Waals surface area (Å²) in [4.78, 5) is 5.78. The highest BCUT2D eigenvalue weighted by Gasteiger charge is 2.26. The zero-order valence-corrected chi connectivity index (χ0v) is 18.2. The zero-order valence-electron chi connectivity index (χ0n) is 18.2. The Bertz CT molecular complexity index is 875. The van der Waals surface area contributed by atoms with Crippen molar-refractivity contribution in [1.29, 1.82) is 0 Å². The van der Waals surface area contributed by atoms with E-state index in [9.17, 15) is 0 Å². The van der Waals surface area contributed by atoms with Gasteiger partial charge in [-0.15, -0.1) is 0 Å². The number of benzene rings is 2. The van der Waals surface area contributed by atoms with Gasteiger partial charge in [-0.3, -0.25) is 0 Å². The predicted molar refractivity (Wildman–Crippen MR) is 122 cm³/mol. The van der Waals surface area contributed by atoms with Gasteiger partial charge in [0.25, 0.3) is 0 Å². The van der Waals surface area contributed by atoms with Gasteiger partial charge in [0.15, 0.2) is 0 Å². The Balaban J connectivity index is 1.72. The number of allylic oxidation sites excluding steroid dienone is 1. The molecule has 0 fully saturated rings. The molecule has 29 heavy (non-hydrogen) atoms. The monoisotopic (exact) mass is 391 g/mol. The van der Waals surface area contributed by atoms with E-state index >= 15 is 0 Å². The molecule has 0 radical (unpaired) electrons. The fourth-order valence-corrected chi connectivity index (χ4v) is 3.45. The summed E-state index contributed by atoms with van der Waals surface area (Å²) in [6.07, 6.45) is 9.14. The smallest absolute Gasteiger partial charge is 0.129 e. The van der Waals surface area contributed by atoms with Gasteiger partial charge < -0.3 is 9.57 Å². The van der Waals surface area contributed by atoms with Crippen molar-refractivity contribution in [3.8, 4) is 11.1 Å². The summed E-state index contributed by atoms with van der Waals surface area (Å²) in [5, 5.41) is 4.54. The minimum Gasteiger partial charge on any atom is -0.390 e. The Morgan fingerprint density at radius 1 is 0.897 bits per heavy atom. The van der Waals surface area contributed by atoms with E-state index in [0.717, 1.165) is 42.9 Å². The summed E-state index contributed by atoms with van der Waals surface area (Å²) in [6.45, 7) is 9.80. The van der Waals surface area contributed by atoms with Crippen molar-refractivity contribution in [2.45, 2.75) is 59.0 Å². The first-order valence-electron chi connectivity index (χ1n) is 10.7. The zero-order chi connectivity index (χ0) is 20.7. The standard InChI is InChI=1S/C26H33NO2/c1-5-28-18-12-8-6-7-9-13-20-16-17-22-21-14-10-11-15-23(21)25(24(22)19-20)27-29-26(2,3)4/h9-11,13-17,19H,5-8,12,18H2,1-4H3/b13-9+,27-25-. The minimum absolute atomic E-state index is 0.315. The van der Waals surface area contributed by atoms with E-state index < -0.39 is 0 Å². The largest absolute Gasteiger partial charge is 0.390 e. The van der Waals surface area contributed by atoms with Crippen LogP contribution in [0.25, 0.3) is 17.2 Å². The molecular formula is C26H33NO2. The molecule has 0 saturated heterocycles. The van der Waals surface area contributed by atoms with Crippen molar-refractivity contribution < 1.29 is 9.57 Å². The third kappa shape index (κ3) is 5.80. The maximum absolute atomic E-state index is 5.78. The molecule has 0 spiro atoms. The van der Waals surface area contributed by atoms with Crippen LogP contribution in [0.1, 0.15) is 70.1 Å². The summed E-state index contributed by atoms with van der Waals surface area (Å²) in [7, 11) is 0. The molecule has 1 aliphatic carbocycles. The molecule has 0 N–H and O–H groups in total. The van der Waals surface area contributed by atoms with Gasteiger partial charge in [0.2, 0.25) is 0 Å². The number of nitrogens with zero attached hydrogens (tertiary/aromatic N) is 1. The minimum atomic E-state index is -0.315. The van der Waals surface area contributed by atoms with Crippen LogP contribution in [0.5, 0.6) is 0 Å². The van der Waals surface area contributed by atoms with E-state index in [0.29, 0.717) is 0 Å². The Hall–Kier alpha value is -2.39. The van der Waals surface area contributed by atoms with E-state index in [-0.39, 0.29) is 5.60 Å². The van der Waals surface area contributed by atoms with Gasteiger partial charge in [-0.1, -0.05) is 60.1 Å². The quantitative estimate of drug-likeness (QED) is 0.295. The van der Waals surface area contributed by atoms with Crippen molar-refractivity contribution in [1.82, 2.24) is 0 Å². The highest BCUT2D eigenvalue weighted by atomic mass is 16.6. The molecule has 154 valence electrons. The van der Waals surface area contributed by atoms with Crippen molar-refractivity contribution in [2.24, 2.45) is 5.16 Å². The summed E-state index contributed by atoms with van der Waals surface area (Å²) in [6, 6.07) is 15.0. The first-order chi connectivity index (χ1) is 14.0. The highest BCUT2D eigenvalue weighted by molar-refractivity contribution is 6.24. The van der Waals surface area contributed by atoms with Gasteiger partial charge in [-0.2, -0.15) is 0 Å². The maximum Gasteiger partial charge on any atom is 0.129 e. The molecule has 3 heteroatoms. The molecule has 2 aromatic rings. The van der Waals surface area contributed by atoms with Crippen molar-refractivity contribution in [3.63, 3.8) is 0 Å². The van der Waals surface area contributed by atoms with Gasteiger partial charge in [0.1, 0.15) is 11.3 Å². The van der Waals surface area contributed by atoms with Crippen molar-refractivity contribution in [2.75, 3.05) is 13.2 Å². The lowest BCUT2D eigenvalue weighted by Gasteiger charge is -2.16. The third-order valence-electron chi connectivity index (χ3n) is 4.86. The van der Waals surface area contributed by atoms with Crippen LogP contribution in [0.4, 0.5) is 0 Å². The SMILES string of the molecule is CCOCCCCC/C=C/c1ccc2c(c1)/C(=N\OC(C)(C)C)c1ccccc1-2. The van der Waals surface area contributed by atoms with Crippen LogP contribution < -0.4 is 0 Å². The van der Waals surface area contributed by atoms with Crippen LogP contribution in [-0.4, -0.2) is 24.5 Å².